The van der Waals surface area contributed by atoms with Gasteiger partial charge < -0.3 is 4.74 Å². The number of nitrogens with zero attached hydrogens (tertiary/aromatic N) is 2. The van der Waals surface area contributed by atoms with Crippen LogP contribution in [-0.2, 0) is 18.2 Å². The monoisotopic (exact) mass is 368 g/mol. The van der Waals surface area contributed by atoms with Crippen LogP contribution in [0, 0.1) is 6.92 Å². The highest BCUT2D eigenvalue weighted by Gasteiger charge is 2.13. The predicted molar refractivity (Wildman–Crippen MR) is 104 cm³/mol. The van der Waals surface area contributed by atoms with Crippen molar-refractivity contribution in [2.75, 3.05) is 6.61 Å². The van der Waals surface area contributed by atoms with Crippen molar-refractivity contribution in [3.8, 4) is 11.3 Å². The number of rotatable bonds is 5. The lowest BCUT2D eigenvalue weighted by Gasteiger charge is -2.08. The third kappa shape index (κ3) is 3.97. The van der Waals surface area contributed by atoms with Gasteiger partial charge in [0.15, 0.2) is 0 Å². The van der Waals surface area contributed by atoms with E-state index in [2.05, 4.69) is 11.2 Å². The molecule has 0 bridgehead atoms. The third-order valence-electron chi connectivity index (χ3n) is 4.25. The van der Waals surface area contributed by atoms with Crippen molar-refractivity contribution in [2.24, 2.45) is 7.05 Å². The van der Waals surface area contributed by atoms with Crippen LogP contribution < -0.4 is 0 Å². The number of carbonyl (C=O) groups excluding carboxylic acids is 1. The largest absolute Gasteiger partial charge is 0.462 e. The first-order chi connectivity index (χ1) is 12.5. The zero-order valence-corrected chi connectivity index (χ0v) is 15.9. The average Bonchev–Trinajstić information content (AvgIpc) is 2.97. The highest BCUT2D eigenvalue weighted by Crippen LogP contribution is 2.24. The van der Waals surface area contributed by atoms with E-state index in [0.29, 0.717) is 12.2 Å². The maximum absolute atomic E-state index is 12.0. The van der Waals surface area contributed by atoms with Crippen molar-refractivity contribution in [1.29, 1.82) is 0 Å². The fourth-order valence-corrected chi connectivity index (χ4v) is 3.08. The SMILES string of the molecule is CCOC(=O)c1ccc(-c2cc(Cc3ccc(Cl)cc3)nn2C)cc1C. The molecule has 1 aromatic heterocycles. The van der Waals surface area contributed by atoms with E-state index in [9.17, 15) is 4.79 Å². The van der Waals surface area contributed by atoms with Gasteiger partial charge in [-0.1, -0.05) is 29.8 Å². The average molecular weight is 369 g/mol. The van der Waals surface area contributed by atoms with Crippen LogP contribution in [0.15, 0.2) is 48.5 Å². The Morgan fingerprint density at radius 1 is 1.15 bits per heavy atom. The normalized spacial score (nSPS) is 10.8. The minimum atomic E-state index is -0.287. The molecule has 0 aliphatic carbocycles. The lowest BCUT2D eigenvalue weighted by atomic mass is 10.0. The van der Waals surface area contributed by atoms with Gasteiger partial charge in [0.2, 0.25) is 0 Å². The summed E-state index contributed by atoms with van der Waals surface area (Å²) in [7, 11) is 1.93. The number of aryl methyl sites for hydroxylation is 2. The summed E-state index contributed by atoms with van der Waals surface area (Å²) < 4.78 is 6.96. The summed E-state index contributed by atoms with van der Waals surface area (Å²) in [6.07, 6.45) is 0.741. The molecule has 0 aliphatic heterocycles. The fraction of sp³-hybridized carbons (Fsp3) is 0.238. The van der Waals surface area contributed by atoms with E-state index in [1.165, 1.54) is 0 Å². The molecule has 0 fully saturated rings. The van der Waals surface area contributed by atoms with Crippen molar-refractivity contribution < 1.29 is 9.53 Å². The van der Waals surface area contributed by atoms with E-state index in [0.717, 1.165) is 39.5 Å². The maximum Gasteiger partial charge on any atom is 0.338 e. The van der Waals surface area contributed by atoms with Crippen molar-refractivity contribution >= 4 is 17.6 Å². The number of halogens is 1. The molecule has 26 heavy (non-hydrogen) atoms. The van der Waals surface area contributed by atoms with E-state index in [1.807, 2.05) is 61.1 Å². The molecule has 134 valence electrons. The van der Waals surface area contributed by atoms with Crippen molar-refractivity contribution in [3.63, 3.8) is 0 Å². The highest BCUT2D eigenvalue weighted by atomic mass is 35.5. The molecular formula is C21H21ClN2O2. The van der Waals surface area contributed by atoms with Crippen LogP contribution in [0.25, 0.3) is 11.3 Å². The molecule has 0 saturated heterocycles. The number of hydrogen-bond donors (Lipinski definition) is 0. The second-order valence-corrected chi connectivity index (χ2v) is 6.63. The second kappa shape index (κ2) is 7.75. The van der Waals surface area contributed by atoms with Crippen LogP contribution in [-0.4, -0.2) is 22.4 Å². The van der Waals surface area contributed by atoms with Crippen molar-refractivity contribution in [1.82, 2.24) is 9.78 Å². The predicted octanol–water partition coefficient (Wildman–Crippen LogP) is 4.82. The Morgan fingerprint density at radius 3 is 2.54 bits per heavy atom. The molecule has 3 rings (SSSR count). The molecule has 0 unspecified atom stereocenters. The van der Waals surface area contributed by atoms with Crippen LogP contribution in [0.3, 0.4) is 0 Å². The summed E-state index contributed by atoms with van der Waals surface area (Å²) in [4.78, 5) is 12.0. The van der Waals surface area contributed by atoms with Gasteiger partial charge in [0.1, 0.15) is 0 Å². The van der Waals surface area contributed by atoms with Crippen LogP contribution in [0.1, 0.15) is 34.1 Å². The van der Waals surface area contributed by atoms with Gasteiger partial charge in [0.05, 0.1) is 23.6 Å². The van der Waals surface area contributed by atoms with E-state index in [-0.39, 0.29) is 5.97 Å². The molecule has 0 atom stereocenters. The van der Waals surface area contributed by atoms with Crippen LogP contribution in [0.5, 0.6) is 0 Å². The van der Waals surface area contributed by atoms with Gasteiger partial charge in [-0.05, 0) is 55.3 Å². The number of hydrogen-bond acceptors (Lipinski definition) is 3. The second-order valence-electron chi connectivity index (χ2n) is 6.20. The summed E-state index contributed by atoms with van der Waals surface area (Å²) in [6, 6.07) is 15.6. The molecule has 3 aromatic rings. The first kappa shape index (κ1) is 18.2. The Bertz CT molecular complexity index is 930. The molecule has 4 nitrogen and oxygen atoms in total. The van der Waals surface area contributed by atoms with Crippen molar-refractivity contribution in [2.45, 2.75) is 20.3 Å². The maximum atomic E-state index is 12.0. The zero-order chi connectivity index (χ0) is 18.7. The molecule has 1 heterocycles. The standard InChI is InChI=1S/C21H21ClN2O2/c1-4-26-21(25)19-10-7-16(11-14(19)2)20-13-18(23-24(20)3)12-15-5-8-17(22)9-6-15/h5-11,13H,4,12H2,1-3H3. The van der Waals surface area contributed by atoms with Gasteiger partial charge >= 0.3 is 5.97 Å². The zero-order valence-electron chi connectivity index (χ0n) is 15.1. The first-order valence-corrected chi connectivity index (χ1v) is 8.91. The molecule has 0 spiro atoms. The quantitative estimate of drug-likeness (QED) is 0.606. The molecule has 5 heteroatoms. The molecule has 2 aromatic carbocycles. The number of aromatic nitrogens is 2. The molecule has 0 amide bonds. The van der Waals surface area contributed by atoms with Gasteiger partial charge in [0, 0.05) is 24.1 Å². The first-order valence-electron chi connectivity index (χ1n) is 8.53. The van der Waals surface area contributed by atoms with Crippen LogP contribution >= 0.6 is 11.6 Å². The van der Waals surface area contributed by atoms with Crippen molar-refractivity contribution in [3.05, 3.63) is 75.9 Å². The van der Waals surface area contributed by atoms with Gasteiger partial charge in [-0.25, -0.2) is 4.79 Å². The lowest BCUT2D eigenvalue weighted by molar-refractivity contribution is 0.0525. The van der Waals surface area contributed by atoms with E-state index in [1.54, 1.807) is 6.92 Å². The summed E-state index contributed by atoms with van der Waals surface area (Å²) in [5.41, 5.74) is 5.66. The summed E-state index contributed by atoms with van der Waals surface area (Å²) >= 11 is 5.94. The Labute approximate surface area is 158 Å². The third-order valence-corrected chi connectivity index (χ3v) is 4.50. The molecule has 0 radical (unpaired) electrons. The van der Waals surface area contributed by atoms with E-state index in [4.69, 9.17) is 16.3 Å². The summed E-state index contributed by atoms with van der Waals surface area (Å²) in [6.45, 7) is 4.09. The van der Waals surface area contributed by atoms with Gasteiger partial charge in [-0.3, -0.25) is 4.68 Å². The Kier molecular flexibility index (Phi) is 5.43. The number of carbonyl (C=O) groups is 1. The Morgan fingerprint density at radius 2 is 1.88 bits per heavy atom. The van der Waals surface area contributed by atoms with Gasteiger partial charge in [-0.2, -0.15) is 5.10 Å². The lowest BCUT2D eigenvalue weighted by Crippen LogP contribution is -2.06. The van der Waals surface area contributed by atoms with Crippen LogP contribution in [0.2, 0.25) is 5.02 Å². The molecule has 0 aliphatic rings. The molecule has 0 N–H and O–H groups in total. The number of ether oxygens (including phenoxy) is 1. The minimum absolute atomic E-state index is 0.287. The Balaban J connectivity index is 1.85. The molecular weight excluding hydrogens is 348 g/mol. The molecule has 0 saturated carbocycles. The van der Waals surface area contributed by atoms with Gasteiger partial charge in [0.25, 0.3) is 0 Å². The number of esters is 1. The minimum Gasteiger partial charge on any atom is -0.462 e. The summed E-state index contributed by atoms with van der Waals surface area (Å²) in [5.74, 6) is -0.287. The number of benzene rings is 2. The smallest absolute Gasteiger partial charge is 0.338 e. The van der Waals surface area contributed by atoms with E-state index >= 15 is 0 Å². The fourth-order valence-electron chi connectivity index (χ4n) is 2.96. The van der Waals surface area contributed by atoms with Gasteiger partial charge in [-0.15, -0.1) is 0 Å². The topological polar surface area (TPSA) is 44.1 Å². The summed E-state index contributed by atoms with van der Waals surface area (Å²) in [5, 5.41) is 5.34. The Hall–Kier alpha value is -2.59. The van der Waals surface area contributed by atoms with Crippen LogP contribution in [0.4, 0.5) is 0 Å². The van der Waals surface area contributed by atoms with E-state index < -0.39 is 0 Å². The highest BCUT2D eigenvalue weighted by molar-refractivity contribution is 6.30.